The lowest BCUT2D eigenvalue weighted by Gasteiger charge is -2.21. The Morgan fingerprint density at radius 3 is 2.47 bits per heavy atom. The van der Waals surface area contributed by atoms with Crippen molar-refractivity contribution >= 4 is 0 Å². The number of ether oxygens (including phenoxy) is 1. The maximum absolute atomic E-state index is 6.01. The molecule has 1 aromatic rings. The molecule has 94 valence electrons. The van der Waals surface area contributed by atoms with Crippen LogP contribution < -0.4 is 4.74 Å². The van der Waals surface area contributed by atoms with Crippen LogP contribution in [0.2, 0.25) is 0 Å². The first-order chi connectivity index (χ1) is 8.42. The highest BCUT2D eigenvalue weighted by atomic mass is 16.5. The van der Waals surface area contributed by atoms with E-state index in [9.17, 15) is 0 Å². The van der Waals surface area contributed by atoms with Gasteiger partial charge in [0.2, 0.25) is 0 Å². The van der Waals surface area contributed by atoms with Crippen LogP contribution in [0.4, 0.5) is 0 Å². The van der Waals surface area contributed by atoms with Crippen molar-refractivity contribution in [3.63, 3.8) is 0 Å². The molecule has 0 N–H and O–H groups in total. The van der Waals surface area contributed by atoms with Crippen LogP contribution in [0.5, 0.6) is 5.75 Å². The Kier molecular flexibility index (Phi) is 3.34. The van der Waals surface area contributed by atoms with Gasteiger partial charge >= 0.3 is 0 Å². The van der Waals surface area contributed by atoms with E-state index in [-0.39, 0.29) is 0 Å². The van der Waals surface area contributed by atoms with E-state index in [0.29, 0.717) is 12.1 Å². The Morgan fingerprint density at radius 1 is 1.00 bits per heavy atom. The van der Waals surface area contributed by atoms with Gasteiger partial charge in [-0.3, -0.25) is 4.68 Å². The topological polar surface area (TPSA) is 27.1 Å². The Bertz CT molecular complexity index is 349. The normalized spacial score (nSPS) is 23.1. The van der Waals surface area contributed by atoms with Gasteiger partial charge in [0, 0.05) is 0 Å². The molecule has 2 aliphatic carbocycles. The second-order valence-corrected chi connectivity index (χ2v) is 5.47. The lowest BCUT2D eigenvalue weighted by atomic mass is 9.98. The zero-order valence-corrected chi connectivity index (χ0v) is 10.5. The Hall–Kier alpha value is -0.990. The summed E-state index contributed by atoms with van der Waals surface area (Å²) in [6, 6.07) is 0.624. The molecule has 3 rings (SSSR count). The van der Waals surface area contributed by atoms with Gasteiger partial charge in [-0.1, -0.05) is 19.3 Å². The minimum Gasteiger partial charge on any atom is -0.487 e. The maximum Gasteiger partial charge on any atom is 0.157 e. The molecule has 0 bridgehead atoms. The zero-order valence-electron chi connectivity index (χ0n) is 10.5. The minimum atomic E-state index is 0.435. The Labute approximate surface area is 103 Å². The molecule has 0 atom stereocenters. The average Bonchev–Trinajstić information content (AvgIpc) is 3.00. The average molecular weight is 234 g/mol. The molecular weight excluding hydrogens is 212 g/mol. The molecule has 0 radical (unpaired) electrons. The standard InChI is InChI=1S/C14H22N2O/c1-2-8-13(9-3-1)17-14-10-15-16(11-14)12-6-4-5-7-12/h10-13H,1-9H2. The molecule has 3 nitrogen and oxygen atoms in total. The summed E-state index contributed by atoms with van der Waals surface area (Å²) in [7, 11) is 0. The molecule has 1 heterocycles. The quantitative estimate of drug-likeness (QED) is 0.797. The van der Waals surface area contributed by atoms with Crippen LogP contribution in [-0.4, -0.2) is 15.9 Å². The summed E-state index contributed by atoms with van der Waals surface area (Å²) in [4.78, 5) is 0. The molecule has 2 fully saturated rings. The van der Waals surface area contributed by atoms with Crippen LogP contribution in [0.3, 0.4) is 0 Å². The number of hydrogen-bond donors (Lipinski definition) is 0. The van der Waals surface area contributed by atoms with Crippen molar-refractivity contribution in [2.75, 3.05) is 0 Å². The summed E-state index contributed by atoms with van der Waals surface area (Å²) >= 11 is 0. The summed E-state index contributed by atoms with van der Waals surface area (Å²) in [5, 5.41) is 4.46. The monoisotopic (exact) mass is 234 g/mol. The van der Waals surface area contributed by atoms with Crippen LogP contribution >= 0.6 is 0 Å². The number of rotatable bonds is 3. The van der Waals surface area contributed by atoms with E-state index in [2.05, 4.69) is 16.0 Å². The molecule has 2 aliphatic rings. The van der Waals surface area contributed by atoms with E-state index in [0.717, 1.165) is 5.75 Å². The predicted molar refractivity (Wildman–Crippen MR) is 67.2 cm³/mol. The van der Waals surface area contributed by atoms with Crippen LogP contribution in [0.15, 0.2) is 12.4 Å². The van der Waals surface area contributed by atoms with Crippen molar-refractivity contribution < 1.29 is 4.74 Å². The third-order valence-electron chi connectivity index (χ3n) is 4.13. The SMILES string of the molecule is c1nn(C2CCCC2)cc1OC1CCCCC1. The summed E-state index contributed by atoms with van der Waals surface area (Å²) in [6.07, 6.45) is 16.2. The smallest absolute Gasteiger partial charge is 0.157 e. The van der Waals surface area contributed by atoms with E-state index in [1.54, 1.807) is 0 Å². The van der Waals surface area contributed by atoms with Gasteiger partial charge in [0.05, 0.1) is 24.5 Å². The van der Waals surface area contributed by atoms with E-state index in [1.807, 2.05) is 6.20 Å². The minimum absolute atomic E-state index is 0.435. The lowest BCUT2D eigenvalue weighted by Crippen LogP contribution is -2.19. The van der Waals surface area contributed by atoms with Crippen molar-refractivity contribution in [2.24, 2.45) is 0 Å². The highest BCUT2D eigenvalue weighted by molar-refractivity contribution is 5.13. The molecule has 2 saturated carbocycles. The van der Waals surface area contributed by atoms with Gasteiger partial charge in [-0.05, 0) is 38.5 Å². The highest BCUT2D eigenvalue weighted by Gasteiger charge is 2.19. The molecule has 0 saturated heterocycles. The van der Waals surface area contributed by atoms with Gasteiger partial charge in [-0.25, -0.2) is 0 Å². The first kappa shape index (κ1) is 11.1. The van der Waals surface area contributed by atoms with E-state index in [1.165, 1.54) is 57.8 Å². The molecule has 0 aromatic carbocycles. The lowest BCUT2D eigenvalue weighted by molar-refractivity contribution is 0.154. The zero-order chi connectivity index (χ0) is 11.5. The molecule has 0 spiro atoms. The van der Waals surface area contributed by atoms with Crippen molar-refractivity contribution in [2.45, 2.75) is 69.9 Å². The van der Waals surface area contributed by atoms with Gasteiger partial charge < -0.3 is 4.74 Å². The van der Waals surface area contributed by atoms with Crippen LogP contribution in [0.25, 0.3) is 0 Å². The largest absolute Gasteiger partial charge is 0.487 e. The maximum atomic E-state index is 6.01. The van der Waals surface area contributed by atoms with Gasteiger partial charge in [-0.15, -0.1) is 0 Å². The first-order valence-electron chi connectivity index (χ1n) is 7.12. The molecule has 0 unspecified atom stereocenters. The Morgan fingerprint density at radius 2 is 1.71 bits per heavy atom. The van der Waals surface area contributed by atoms with E-state index < -0.39 is 0 Å². The van der Waals surface area contributed by atoms with Crippen LogP contribution in [0, 0.1) is 0 Å². The van der Waals surface area contributed by atoms with Gasteiger partial charge in [0.1, 0.15) is 0 Å². The van der Waals surface area contributed by atoms with Crippen LogP contribution in [-0.2, 0) is 0 Å². The predicted octanol–water partition coefficient (Wildman–Crippen LogP) is 3.71. The summed E-state index contributed by atoms with van der Waals surface area (Å²) in [5.74, 6) is 0.976. The highest BCUT2D eigenvalue weighted by Crippen LogP contribution is 2.30. The fourth-order valence-electron chi connectivity index (χ4n) is 3.13. The van der Waals surface area contributed by atoms with Crippen molar-refractivity contribution in [3.05, 3.63) is 12.4 Å². The molecule has 17 heavy (non-hydrogen) atoms. The fourth-order valence-corrected chi connectivity index (χ4v) is 3.13. The molecular formula is C14H22N2O. The third kappa shape index (κ3) is 2.64. The van der Waals surface area contributed by atoms with Gasteiger partial charge in [0.25, 0.3) is 0 Å². The third-order valence-corrected chi connectivity index (χ3v) is 4.13. The van der Waals surface area contributed by atoms with Crippen molar-refractivity contribution in [1.82, 2.24) is 9.78 Å². The number of aromatic nitrogens is 2. The molecule has 1 aromatic heterocycles. The summed E-state index contributed by atoms with van der Waals surface area (Å²) in [5.41, 5.74) is 0. The van der Waals surface area contributed by atoms with E-state index in [4.69, 9.17) is 4.74 Å². The number of hydrogen-bond acceptors (Lipinski definition) is 2. The van der Waals surface area contributed by atoms with Gasteiger partial charge in [-0.2, -0.15) is 5.10 Å². The molecule has 3 heteroatoms. The first-order valence-corrected chi connectivity index (χ1v) is 7.12. The van der Waals surface area contributed by atoms with Crippen LogP contribution in [0.1, 0.15) is 63.8 Å². The van der Waals surface area contributed by atoms with Crippen molar-refractivity contribution in [3.8, 4) is 5.75 Å². The summed E-state index contributed by atoms with van der Waals surface area (Å²) < 4.78 is 8.13. The van der Waals surface area contributed by atoms with E-state index >= 15 is 0 Å². The van der Waals surface area contributed by atoms with Crippen molar-refractivity contribution in [1.29, 1.82) is 0 Å². The summed E-state index contributed by atoms with van der Waals surface area (Å²) in [6.45, 7) is 0. The van der Waals surface area contributed by atoms with Gasteiger partial charge in [0.15, 0.2) is 5.75 Å². The number of nitrogens with zero attached hydrogens (tertiary/aromatic N) is 2. The second kappa shape index (κ2) is 5.11. The molecule has 0 amide bonds. The Balaban J connectivity index is 1.59. The second-order valence-electron chi connectivity index (χ2n) is 5.47. The fraction of sp³-hybridized carbons (Fsp3) is 0.786. The molecule has 0 aliphatic heterocycles.